The average Bonchev–Trinajstić information content (AvgIpc) is 2.66. The van der Waals surface area contributed by atoms with E-state index in [0.29, 0.717) is 18.5 Å². The first-order valence-corrected chi connectivity index (χ1v) is 8.85. The minimum absolute atomic E-state index is 0.0574. The summed E-state index contributed by atoms with van der Waals surface area (Å²) in [6, 6.07) is 8.77. The number of nitrogens with one attached hydrogen (secondary N) is 1. The van der Waals surface area contributed by atoms with Gasteiger partial charge in [-0.2, -0.15) is 0 Å². The molecule has 26 heavy (non-hydrogen) atoms. The molecule has 0 unspecified atom stereocenters. The number of aliphatic hydroxyl groups is 1. The summed E-state index contributed by atoms with van der Waals surface area (Å²) in [7, 11) is 1.38. The van der Waals surface area contributed by atoms with Crippen LogP contribution in [0.15, 0.2) is 36.4 Å². The number of rotatable bonds is 12. The van der Waals surface area contributed by atoms with Gasteiger partial charge in [-0.05, 0) is 12.8 Å². The van der Waals surface area contributed by atoms with E-state index < -0.39 is 0 Å². The molecule has 0 bridgehead atoms. The molecular weight excluding hydrogens is 334 g/mol. The van der Waals surface area contributed by atoms with E-state index >= 15 is 0 Å². The van der Waals surface area contributed by atoms with Crippen molar-refractivity contribution in [3.8, 4) is 0 Å². The van der Waals surface area contributed by atoms with Crippen molar-refractivity contribution in [2.45, 2.75) is 44.9 Å². The topological polar surface area (TPSA) is 92.7 Å². The van der Waals surface area contributed by atoms with Crippen LogP contribution in [0.4, 0.5) is 0 Å². The van der Waals surface area contributed by atoms with Crippen LogP contribution in [0.25, 0.3) is 5.76 Å². The van der Waals surface area contributed by atoms with Gasteiger partial charge in [0.05, 0.1) is 7.11 Å². The molecule has 0 spiro atoms. The predicted octanol–water partition coefficient (Wildman–Crippen LogP) is 3.17. The molecule has 0 aliphatic heterocycles. The summed E-state index contributed by atoms with van der Waals surface area (Å²) in [5.41, 5.74) is 0.567. The second-order valence-electron chi connectivity index (χ2n) is 5.95. The molecule has 0 atom stereocenters. The molecule has 1 aromatic carbocycles. The van der Waals surface area contributed by atoms with Gasteiger partial charge in [0.25, 0.3) is 0 Å². The molecule has 142 valence electrons. The van der Waals surface area contributed by atoms with Crippen molar-refractivity contribution in [3.63, 3.8) is 0 Å². The molecule has 6 nitrogen and oxygen atoms in total. The number of ether oxygens (including phenoxy) is 1. The van der Waals surface area contributed by atoms with Crippen LogP contribution in [-0.2, 0) is 19.1 Å². The summed E-state index contributed by atoms with van der Waals surface area (Å²) in [5.74, 6) is -0.761. The van der Waals surface area contributed by atoms with Crippen LogP contribution in [-0.4, -0.2) is 36.4 Å². The number of hydrogen-bond donors (Lipinski definition) is 2. The second kappa shape index (κ2) is 12.7. The lowest BCUT2D eigenvalue weighted by molar-refractivity contribution is -0.140. The number of carbonyl (C=O) groups is 3. The second-order valence-corrected chi connectivity index (χ2v) is 5.95. The highest BCUT2D eigenvalue weighted by Gasteiger charge is 2.07. The van der Waals surface area contributed by atoms with Crippen LogP contribution in [0.2, 0.25) is 0 Å². The predicted molar refractivity (Wildman–Crippen MR) is 99.4 cm³/mol. The van der Waals surface area contributed by atoms with Gasteiger partial charge in [-0.15, -0.1) is 0 Å². The lowest BCUT2D eigenvalue weighted by Gasteiger charge is -2.05. The first-order chi connectivity index (χ1) is 12.5. The summed E-state index contributed by atoms with van der Waals surface area (Å²) in [5, 5.41) is 12.6. The first kappa shape index (κ1) is 21.4. The summed E-state index contributed by atoms with van der Waals surface area (Å²) in [6.45, 7) is 0.552. The highest BCUT2D eigenvalue weighted by Crippen LogP contribution is 2.11. The van der Waals surface area contributed by atoms with Crippen molar-refractivity contribution in [2.75, 3.05) is 13.7 Å². The van der Waals surface area contributed by atoms with Crippen molar-refractivity contribution in [3.05, 3.63) is 42.0 Å². The van der Waals surface area contributed by atoms with Gasteiger partial charge in [0.2, 0.25) is 5.91 Å². The number of carbonyl (C=O) groups excluding carboxylic acids is 3. The molecular formula is C20H27NO5. The summed E-state index contributed by atoms with van der Waals surface area (Å²) >= 11 is 0. The Kier molecular flexibility index (Phi) is 10.5. The van der Waals surface area contributed by atoms with Crippen molar-refractivity contribution < 1.29 is 24.2 Å². The maximum absolute atomic E-state index is 11.8. The van der Waals surface area contributed by atoms with E-state index in [1.807, 2.05) is 6.07 Å². The van der Waals surface area contributed by atoms with Crippen molar-refractivity contribution in [1.29, 1.82) is 0 Å². The molecule has 1 aromatic rings. The molecule has 0 radical (unpaired) electrons. The van der Waals surface area contributed by atoms with Crippen LogP contribution in [0.1, 0.15) is 50.5 Å². The quantitative estimate of drug-likeness (QED) is 0.258. The molecule has 1 amide bonds. The fraction of sp³-hybridized carbons (Fsp3) is 0.450. The summed E-state index contributed by atoms with van der Waals surface area (Å²) in [6.07, 6.45) is 5.18. The number of aliphatic hydroxyl groups excluding tert-OH is 1. The Labute approximate surface area is 154 Å². The van der Waals surface area contributed by atoms with E-state index in [2.05, 4.69) is 10.1 Å². The normalized spacial score (nSPS) is 11.0. The van der Waals surface area contributed by atoms with Crippen LogP contribution >= 0.6 is 0 Å². The maximum atomic E-state index is 11.8. The smallest absolute Gasteiger partial charge is 0.305 e. The number of methoxy groups -OCH3 is 1. The van der Waals surface area contributed by atoms with E-state index in [1.54, 1.807) is 24.3 Å². The van der Waals surface area contributed by atoms with Gasteiger partial charge < -0.3 is 15.2 Å². The first-order valence-electron chi connectivity index (χ1n) is 8.85. The fourth-order valence-corrected chi connectivity index (χ4v) is 2.32. The van der Waals surface area contributed by atoms with Crippen molar-refractivity contribution >= 4 is 23.4 Å². The van der Waals surface area contributed by atoms with E-state index in [-0.39, 0.29) is 36.3 Å². The van der Waals surface area contributed by atoms with Crippen molar-refractivity contribution in [1.82, 2.24) is 5.32 Å². The number of benzene rings is 1. The molecule has 1 rings (SSSR count). The van der Waals surface area contributed by atoms with Gasteiger partial charge >= 0.3 is 5.97 Å². The zero-order valence-corrected chi connectivity index (χ0v) is 15.2. The molecule has 0 saturated heterocycles. The Balaban J connectivity index is 2.12. The monoisotopic (exact) mass is 361 g/mol. The third kappa shape index (κ3) is 9.61. The maximum Gasteiger partial charge on any atom is 0.305 e. The molecule has 6 heteroatoms. The molecule has 2 N–H and O–H groups in total. The lowest BCUT2D eigenvalue weighted by atomic mass is 10.1. The molecule has 0 aliphatic rings. The highest BCUT2D eigenvalue weighted by atomic mass is 16.5. The molecule has 0 fully saturated rings. The van der Waals surface area contributed by atoms with Gasteiger partial charge in [-0.3, -0.25) is 14.4 Å². The molecule has 0 saturated carbocycles. The summed E-state index contributed by atoms with van der Waals surface area (Å²) < 4.78 is 4.56. The average molecular weight is 361 g/mol. The number of amides is 1. The number of hydrogen-bond acceptors (Lipinski definition) is 5. The third-order valence-electron chi connectivity index (χ3n) is 3.82. The largest absolute Gasteiger partial charge is 0.507 e. The Morgan fingerprint density at radius 1 is 1.00 bits per heavy atom. The highest BCUT2D eigenvalue weighted by molar-refractivity contribution is 5.97. The Morgan fingerprint density at radius 3 is 2.38 bits per heavy atom. The van der Waals surface area contributed by atoms with Crippen molar-refractivity contribution in [2.24, 2.45) is 0 Å². The van der Waals surface area contributed by atoms with E-state index in [9.17, 15) is 19.5 Å². The molecule has 0 aromatic heterocycles. The lowest BCUT2D eigenvalue weighted by Crippen LogP contribution is -2.24. The Bertz CT molecular complexity index is 610. The fourth-order valence-electron chi connectivity index (χ4n) is 2.32. The number of allylic oxidation sites excluding steroid dienone is 1. The molecule has 0 aliphatic carbocycles. The van der Waals surface area contributed by atoms with E-state index in [1.165, 1.54) is 7.11 Å². The zero-order valence-electron chi connectivity index (χ0n) is 15.2. The number of ketones is 1. The van der Waals surface area contributed by atoms with E-state index in [4.69, 9.17) is 0 Å². The standard InChI is InChI=1S/C20H27NO5/c1-26-20(25)11-7-2-3-8-14-21-19(24)13-12-17(22)15-18(23)16-9-5-4-6-10-16/h4-6,9-10,15,23H,2-3,7-8,11-14H2,1H3,(H,21,24)/b18-15-. The van der Waals surface area contributed by atoms with E-state index in [0.717, 1.165) is 31.8 Å². The number of esters is 1. The minimum Gasteiger partial charge on any atom is -0.507 e. The SMILES string of the molecule is COC(=O)CCCCCCNC(=O)CCC(=O)/C=C(\O)c1ccccc1. The van der Waals surface area contributed by atoms with Crippen LogP contribution < -0.4 is 5.32 Å². The summed E-state index contributed by atoms with van der Waals surface area (Å²) in [4.78, 5) is 34.5. The van der Waals surface area contributed by atoms with Gasteiger partial charge in [0.1, 0.15) is 5.76 Å². The van der Waals surface area contributed by atoms with Gasteiger partial charge in [-0.25, -0.2) is 0 Å². The van der Waals surface area contributed by atoms with Gasteiger partial charge in [0.15, 0.2) is 5.78 Å². The number of unbranched alkanes of at least 4 members (excludes halogenated alkanes) is 3. The molecule has 0 heterocycles. The van der Waals surface area contributed by atoms with Crippen LogP contribution in [0.3, 0.4) is 0 Å². The van der Waals surface area contributed by atoms with Gasteiger partial charge in [0, 0.05) is 37.4 Å². The third-order valence-corrected chi connectivity index (χ3v) is 3.82. The zero-order chi connectivity index (χ0) is 19.2. The van der Waals surface area contributed by atoms with Crippen LogP contribution in [0.5, 0.6) is 0 Å². The Morgan fingerprint density at radius 2 is 1.69 bits per heavy atom. The van der Waals surface area contributed by atoms with Gasteiger partial charge in [-0.1, -0.05) is 43.2 Å². The minimum atomic E-state index is -0.288. The Hall–Kier alpha value is -2.63. The van der Waals surface area contributed by atoms with Crippen LogP contribution in [0, 0.1) is 0 Å².